The largest absolute Gasteiger partial charge is 0.397 e. The van der Waals surface area contributed by atoms with Crippen LogP contribution in [0, 0.1) is 0 Å². The Hall–Kier alpha value is -0.730. The van der Waals surface area contributed by atoms with E-state index in [0.29, 0.717) is 6.54 Å². The minimum absolute atomic E-state index is 0.214. The highest BCUT2D eigenvalue weighted by Gasteiger charge is 2.10. The van der Waals surface area contributed by atoms with Crippen molar-refractivity contribution in [1.82, 2.24) is 20.9 Å². The molecule has 0 bridgehead atoms. The second kappa shape index (κ2) is 55.3. The number of unbranched alkanes of at least 4 members (excludes halogenated alkanes) is 31. The predicted octanol–water partition coefficient (Wildman–Crippen LogP) is 12.6. The van der Waals surface area contributed by atoms with Crippen molar-refractivity contribution in [2.75, 3.05) is 65.5 Å². The van der Waals surface area contributed by atoms with Crippen LogP contribution < -0.4 is 21.7 Å². The van der Waals surface area contributed by atoms with Crippen molar-refractivity contribution >= 4 is 5.91 Å². The molecule has 1 amide bonds. The van der Waals surface area contributed by atoms with Crippen LogP contribution in [-0.2, 0) is 4.79 Å². The summed E-state index contributed by atoms with van der Waals surface area (Å²) in [5.74, 6) is 0.214. The van der Waals surface area contributed by atoms with E-state index >= 15 is 0 Å². The van der Waals surface area contributed by atoms with E-state index in [1.165, 1.54) is 218 Å². The summed E-state index contributed by atoms with van der Waals surface area (Å²) >= 11 is 0. The van der Waals surface area contributed by atoms with E-state index in [1.54, 1.807) is 6.92 Å². The van der Waals surface area contributed by atoms with E-state index < -0.39 is 0 Å². The van der Waals surface area contributed by atoms with Gasteiger partial charge in [-0.3, -0.25) is 9.69 Å². The van der Waals surface area contributed by atoms with E-state index in [9.17, 15) is 4.79 Å². The van der Waals surface area contributed by atoms with Crippen LogP contribution in [0.1, 0.15) is 252 Å². The Balaban J connectivity index is 0. The van der Waals surface area contributed by atoms with Crippen molar-refractivity contribution < 1.29 is 9.90 Å². The molecule has 0 aliphatic rings. The lowest BCUT2D eigenvalue weighted by Gasteiger charge is -2.22. The lowest BCUT2D eigenvalue weighted by atomic mass is 10.0. The van der Waals surface area contributed by atoms with Gasteiger partial charge in [0, 0.05) is 13.2 Å². The number of carbonyl (C=O) groups excluding carboxylic acids is 1. The number of amides is 1. The van der Waals surface area contributed by atoms with Crippen LogP contribution in [0.3, 0.4) is 0 Å². The molecule has 0 aliphatic carbocycles. The van der Waals surface area contributed by atoms with Gasteiger partial charge >= 0.3 is 0 Å². The van der Waals surface area contributed by atoms with E-state index in [4.69, 9.17) is 10.8 Å². The maximum Gasteiger partial charge on any atom is 0.234 e. The molecule has 0 unspecified atom stereocenters. The Kier molecular flexibility index (Phi) is 56.6. The smallest absolute Gasteiger partial charge is 0.234 e. The van der Waals surface area contributed by atoms with Gasteiger partial charge in [0.05, 0.1) is 6.54 Å². The molecular weight excluding hydrogens is 703 g/mol. The summed E-state index contributed by atoms with van der Waals surface area (Å²) in [6, 6.07) is 0. The van der Waals surface area contributed by atoms with Crippen LogP contribution >= 0.6 is 0 Å². The number of aliphatic hydroxyl groups excluding tert-OH is 1. The number of aliphatic hydroxyl groups is 1. The van der Waals surface area contributed by atoms with Crippen molar-refractivity contribution in [2.45, 2.75) is 252 Å². The fourth-order valence-corrected chi connectivity index (χ4v) is 7.71. The third-order valence-electron chi connectivity index (χ3n) is 11.4. The average molecular weight is 810 g/mol. The fourth-order valence-electron chi connectivity index (χ4n) is 7.71. The van der Waals surface area contributed by atoms with Crippen LogP contribution in [-0.4, -0.2) is 81.4 Å². The van der Waals surface area contributed by atoms with Crippen molar-refractivity contribution in [1.29, 1.82) is 0 Å². The molecule has 0 spiro atoms. The van der Waals surface area contributed by atoms with Crippen LogP contribution in [0.2, 0.25) is 0 Å². The lowest BCUT2D eigenvalue weighted by molar-refractivity contribution is -0.122. The Morgan fingerprint density at radius 2 is 0.684 bits per heavy atom. The van der Waals surface area contributed by atoms with Gasteiger partial charge in [0.1, 0.15) is 0 Å². The maximum absolute atomic E-state index is 12.9. The van der Waals surface area contributed by atoms with Crippen LogP contribution in [0.4, 0.5) is 0 Å². The van der Waals surface area contributed by atoms with Gasteiger partial charge in [0.2, 0.25) is 5.91 Å². The SMILES string of the molecule is CCCCCCCCCCCCCCCCCCN(CCCCCCCCCCCCCCCCCC)CC(=O)NCCCNCCCCNCCCN.CCO. The number of nitrogens with two attached hydrogens (primary N) is 1. The average Bonchev–Trinajstić information content (AvgIpc) is 3.21. The van der Waals surface area contributed by atoms with Crippen LogP contribution in [0.15, 0.2) is 0 Å². The Labute approximate surface area is 358 Å². The summed E-state index contributed by atoms with van der Waals surface area (Å²) in [5.41, 5.74) is 5.54. The number of carbonyl (C=O) groups is 1. The minimum Gasteiger partial charge on any atom is -0.397 e. The summed E-state index contributed by atoms with van der Waals surface area (Å²) < 4.78 is 0. The quantitative estimate of drug-likeness (QED) is 0.0392. The van der Waals surface area contributed by atoms with E-state index in [-0.39, 0.29) is 12.5 Å². The number of hydrogen-bond donors (Lipinski definition) is 5. The van der Waals surface area contributed by atoms with E-state index in [1.807, 2.05) is 0 Å². The molecule has 344 valence electrons. The predicted molar refractivity (Wildman–Crippen MR) is 255 cm³/mol. The van der Waals surface area contributed by atoms with Crippen LogP contribution in [0.25, 0.3) is 0 Å². The normalized spacial score (nSPS) is 11.3. The highest BCUT2D eigenvalue weighted by Crippen LogP contribution is 2.16. The third-order valence-corrected chi connectivity index (χ3v) is 11.4. The lowest BCUT2D eigenvalue weighted by Crippen LogP contribution is -2.39. The molecule has 0 aromatic carbocycles. The molecule has 0 radical (unpaired) electrons. The second-order valence-electron chi connectivity index (χ2n) is 17.3. The molecule has 57 heavy (non-hydrogen) atoms. The van der Waals surface area contributed by atoms with Gasteiger partial charge < -0.3 is 26.8 Å². The Bertz CT molecular complexity index is 676. The van der Waals surface area contributed by atoms with Gasteiger partial charge in [0.25, 0.3) is 0 Å². The van der Waals surface area contributed by atoms with Gasteiger partial charge in [-0.15, -0.1) is 0 Å². The standard InChI is InChI=1S/C48H101N5O.C2H6O/c1-3-5-7-9-11-13-15-17-19-21-23-25-27-29-31-35-45-53(47-48(54)52-44-38-43-51-41-34-33-40-50-42-37-39-49)46-36-32-30-28-26-24-22-20-18-16-14-12-10-8-6-4-2;1-2-3/h50-51H,3-47,49H2,1-2H3,(H,52,54);3H,2H2,1H3. The molecule has 0 aliphatic heterocycles. The first-order valence-corrected chi connectivity index (χ1v) is 25.9. The highest BCUT2D eigenvalue weighted by atomic mass is 16.2. The first-order chi connectivity index (χ1) is 28.2. The van der Waals surface area contributed by atoms with Gasteiger partial charge in [-0.2, -0.15) is 0 Å². The number of rotatable bonds is 48. The fraction of sp³-hybridized carbons (Fsp3) is 0.980. The second-order valence-corrected chi connectivity index (χ2v) is 17.3. The molecular formula is C50H107N5O2. The maximum atomic E-state index is 12.9. The zero-order valence-corrected chi connectivity index (χ0v) is 39.4. The van der Waals surface area contributed by atoms with Crippen molar-refractivity contribution in [3.05, 3.63) is 0 Å². The first-order valence-electron chi connectivity index (χ1n) is 25.9. The van der Waals surface area contributed by atoms with Gasteiger partial charge in [0.15, 0.2) is 0 Å². The van der Waals surface area contributed by atoms with Crippen LogP contribution in [0.5, 0.6) is 0 Å². The number of hydrogen-bond acceptors (Lipinski definition) is 6. The zero-order valence-electron chi connectivity index (χ0n) is 39.4. The third kappa shape index (κ3) is 55.3. The molecule has 0 aromatic heterocycles. The zero-order chi connectivity index (χ0) is 41.8. The summed E-state index contributed by atoms with van der Waals surface area (Å²) in [4.78, 5) is 15.4. The number of nitrogens with one attached hydrogen (secondary N) is 3. The Morgan fingerprint density at radius 1 is 0.404 bits per heavy atom. The van der Waals surface area contributed by atoms with E-state index in [2.05, 4.69) is 34.7 Å². The van der Waals surface area contributed by atoms with Gasteiger partial charge in [-0.1, -0.05) is 206 Å². The summed E-state index contributed by atoms with van der Waals surface area (Å²) in [7, 11) is 0. The molecule has 0 saturated heterocycles. The molecule has 0 atom stereocenters. The molecule has 0 fully saturated rings. The first kappa shape index (κ1) is 58.4. The van der Waals surface area contributed by atoms with Gasteiger partial charge in [-0.05, 0) is 91.3 Å². The molecule has 0 saturated carbocycles. The molecule has 0 aromatic rings. The van der Waals surface area contributed by atoms with Crippen molar-refractivity contribution in [3.63, 3.8) is 0 Å². The summed E-state index contributed by atoms with van der Waals surface area (Å²) in [5, 5.41) is 17.8. The molecule has 0 heterocycles. The minimum atomic E-state index is 0.214. The molecule has 7 nitrogen and oxygen atoms in total. The Morgan fingerprint density at radius 3 is 1.00 bits per heavy atom. The summed E-state index contributed by atoms with van der Waals surface area (Å²) in [6.45, 7) is 14.9. The van der Waals surface area contributed by atoms with Crippen molar-refractivity contribution in [3.8, 4) is 0 Å². The van der Waals surface area contributed by atoms with E-state index in [0.717, 1.165) is 65.2 Å². The highest BCUT2D eigenvalue weighted by molar-refractivity contribution is 5.77. The monoisotopic (exact) mass is 810 g/mol. The molecule has 6 N–H and O–H groups in total. The summed E-state index contributed by atoms with van der Waals surface area (Å²) in [6.07, 6.45) is 49.4. The topological polar surface area (TPSA) is 103 Å². The molecule has 0 rings (SSSR count). The molecule has 7 heteroatoms. The number of nitrogens with zero attached hydrogens (tertiary/aromatic N) is 1. The van der Waals surface area contributed by atoms with Crippen molar-refractivity contribution in [2.24, 2.45) is 5.73 Å². The van der Waals surface area contributed by atoms with Gasteiger partial charge in [-0.25, -0.2) is 0 Å².